The maximum Gasteiger partial charge on any atom is 0.317 e. The predicted molar refractivity (Wildman–Crippen MR) is 70.9 cm³/mol. The standard InChI is InChI=1S/C12H17N3O3S/c16-11(17)2-1-9-3-4-15(6-9)12(18)13-5-10-7-19-8-14-10/h7-9H,1-6H2,(H,13,18)(H,16,17). The molecule has 1 aliphatic heterocycles. The van der Waals surface area contributed by atoms with Crippen LogP contribution in [0.4, 0.5) is 4.79 Å². The highest BCUT2D eigenvalue weighted by molar-refractivity contribution is 7.07. The van der Waals surface area contributed by atoms with E-state index in [4.69, 9.17) is 5.11 Å². The molecule has 1 atom stereocenters. The fourth-order valence-electron chi connectivity index (χ4n) is 2.18. The molecular weight excluding hydrogens is 266 g/mol. The Morgan fingerprint density at radius 2 is 2.42 bits per heavy atom. The molecule has 1 aromatic rings. The highest BCUT2D eigenvalue weighted by atomic mass is 32.1. The van der Waals surface area contributed by atoms with Gasteiger partial charge >= 0.3 is 12.0 Å². The molecule has 2 amide bonds. The van der Waals surface area contributed by atoms with Gasteiger partial charge in [-0.25, -0.2) is 9.78 Å². The van der Waals surface area contributed by atoms with E-state index in [9.17, 15) is 9.59 Å². The summed E-state index contributed by atoms with van der Waals surface area (Å²) >= 11 is 1.50. The Bertz CT molecular complexity index is 435. The third-order valence-electron chi connectivity index (χ3n) is 3.24. The van der Waals surface area contributed by atoms with Gasteiger partial charge in [-0.3, -0.25) is 4.79 Å². The summed E-state index contributed by atoms with van der Waals surface area (Å²) in [5.41, 5.74) is 2.60. The minimum atomic E-state index is -0.772. The van der Waals surface area contributed by atoms with E-state index in [1.807, 2.05) is 5.38 Å². The van der Waals surface area contributed by atoms with E-state index in [1.54, 1.807) is 10.4 Å². The number of hydrogen-bond acceptors (Lipinski definition) is 4. The lowest BCUT2D eigenvalue weighted by atomic mass is 10.0. The van der Waals surface area contributed by atoms with Crippen molar-refractivity contribution in [1.82, 2.24) is 15.2 Å². The largest absolute Gasteiger partial charge is 0.481 e. The average Bonchev–Trinajstić information content (AvgIpc) is 3.04. The molecule has 1 saturated heterocycles. The molecule has 0 spiro atoms. The van der Waals surface area contributed by atoms with Crippen LogP contribution in [-0.2, 0) is 11.3 Å². The van der Waals surface area contributed by atoms with Crippen LogP contribution in [-0.4, -0.2) is 40.1 Å². The molecule has 7 heteroatoms. The maximum atomic E-state index is 11.9. The molecular formula is C12H17N3O3S. The summed E-state index contributed by atoms with van der Waals surface area (Å²) in [6.45, 7) is 1.79. The molecule has 2 rings (SSSR count). The van der Waals surface area contributed by atoms with Crippen molar-refractivity contribution >= 4 is 23.3 Å². The van der Waals surface area contributed by atoms with E-state index in [1.165, 1.54) is 11.3 Å². The summed E-state index contributed by atoms with van der Waals surface area (Å²) in [6, 6.07) is -0.0918. The smallest absolute Gasteiger partial charge is 0.317 e. The molecule has 1 unspecified atom stereocenters. The molecule has 0 saturated carbocycles. The Balaban J connectivity index is 1.71. The second-order valence-electron chi connectivity index (χ2n) is 4.67. The number of carbonyl (C=O) groups is 2. The Morgan fingerprint density at radius 3 is 3.11 bits per heavy atom. The first-order valence-corrected chi connectivity index (χ1v) is 7.21. The summed E-state index contributed by atoms with van der Waals surface area (Å²) in [4.78, 5) is 28.3. The summed E-state index contributed by atoms with van der Waals surface area (Å²) in [7, 11) is 0. The van der Waals surface area contributed by atoms with Gasteiger partial charge in [0.1, 0.15) is 0 Å². The zero-order valence-corrected chi connectivity index (χ0v) is 11.4. The van der Waals surface area contributed by atoms with E-state index in [2.05, 4.69) is 10.3 Å². The second kappa shape index (κ2) is 6.51. The number of carboxylic acid groups (broad SMARTS) is 1. The quantitative estimate of drug-likeness (QED) is 0.858. The Kier molecular flexibility index (Phi) is 4.73. The second-order valence-corrected chi connectivity index (χ2v) is 5.39. The number of rotatable bonds is 5. The van der Waals surface area contributed by atoms with Gasteiger partial charge in [0.25, 0.3) is 0 Å². The van der Waals surface area contributed by atoms with Gasteiger partial charge in [-0.15, -0.1) is 11.3 Å². The van der Waals surface area contributed by atoms with E-state index >= 15 is 0 Å². The zero-order chi connectivity index (χ0) is 13.7. The lowest BCUT2D eigenvalue weighted by Gasteiger charge is -2.16. The van der Waals surface area contributed by atoms with E-state index in [-0.39, 0.29) is 12.5 Å². The third kappa shape index (κ3) is 4.20. The van der Waals surface area contributed by atoms with Gasteiger partial charge in [-0.2, -0.15) is 0 Å². The minimum Gasteiger partial charge on any atom is -0.481 e. The number of hydrogen-bond donors (Lipinski definition) is 2. The highest BCUT2D eigenvalue weighted by Crippen LogP contribution is 2.20. The summed E-state index contributed by atoms with van der Waals surface area (Å²) in [5.74, 6) is -0.465. The fraction of sp³-hybridized carbons (Fsp3) is 0.583. The number of likely N-dealkylation sites (tertiary alicyclic amines) is 1. The van der Waals surface area contributed by atoms with Crippen molar-refractivity contribution in [1.29, 1.82) is 0 Å². The van der Waals surface area contributed by atoms with Crippen LogP contribution in [0, 0.1) is 5.92 Å². The number of nitrogens with zero attached hydrogens (tertiary/aromatic N) is 2. The topological polar surface area (TPSA) is 82.5 Å². The summed E-state index contributed by atoms with van der Waals surface area (Å²) < 4.78 is 0. The van der Waals surface area contributed by atoms with Crippen molar-refractivity contribution < 1.29 is 14.7 Å². The van der Waals surface area contributed by atoms with Gasteiger partial charge in [0.15, 0.2) is 0 Å². The molecule has 1 aliphatic rings. The van der Waals surface area contributed by atoms with Gasteiger partial charge in [-0.1, -0.05) is 0 Å². The molecule has 1 fully saturated rings. The van der Waals surface area contributed by atoms with E-state index < -0.39 is 5.97 Å². The Hall–Kier alpha value is -1.63. The van der Waals surface area contributed by atoms with Crippen molar-refractivity contribution in [3.8, 4) is 0 Å². The fourth-order valence-corrected chi connectivity index (χ4v) is 2.74. The van der Waals surface area contributed by atoms with Crippen molar-refractivity contribution in [3.63, 3.8) is 0 Å². The van der Waals surface area contributed by atoms with Crippen molar-refractivity contribution in [2.24, 2.45) is 5.92 Å². The van der Waals surface area contributed by atoms with Gasteiger partial charge in [0.05, 0.1) is 17.7 Å². The third-order valence-corrected chi connectivity index (χ3v) is 3.88. The molecule has 0 aromatic carbocycles. The molecule has 0 bridgehead atoms. The number of amides is 2. The van der Waals surface area contributed by atoms with E-state index in [0.717, 1.165) is 12.1 Å². The van der Waals surface area contributed by atoms with Crippen LogP contribution in [0.25, 0.3) is 0 Å². The predicted octanol–water partition coefficient (Wildman–Crippen LogP) is 1.54. The van der Waals surface area contributed by atoms with Crippen LogP contribution in [0.15, 0.2) is 10.9 Å². The Labute approximate surface area is 115 Å². The highest BCUT2D eigenvalue weighted by Gasteiger charge is 2.26. The van der Waals surface area contributed by atoms with Crippen LogP contribution in [0.3, 0.4) is 0 Å². The number of thiazole rings is 1. The first-order valence-electron chi connectivity index (χ1n) is 6.27. The first kappa shape index (κ1) is 13.8. The molecule has 104 valence electrons. The van der Waals surface area contributed by atoms with Crippen molar-refractivity contribution in [2.45, 2.75) is 25.8 Å². The van der Waals surface area contributed by atoms with Crippen LogP contribution in [0.1, 0.15) is 25.0 Å². The number of aliphatic carboxylic acids is 1. The SMILES string of the molecule is O=C(O)CCC1CCN(C(=O)NCc2cscn2)C1. The number of carbonyl (C=O) groups excluding carboxylic acids is 1. The lowest BCUT2D eigenvalue weighted by molar-refractivity contribution is -0.137. The number of aromatic nitrogens is 1. The molecule has 19 heavy (non-hydrogen) atoms. The van der Waals surface area contributed by atoms with Crippen LogP contribution in [0.2, 0.25) is 0 Å². The minimum absolute atomic E-state index is 0.0918. The summed E-state index contributed by atoms with van der Waals surface area (Å²) in [5, 5.41) is 13.4. The zero-order valence-electron chi connectivity index (χ0n) is 10.5. The molecule has 2 N–H and O–H groups in total. The van der Waals surface area contributed by atoms with Crippen molar-refractivity contribution in [2.75, 3.05) is 13.1 Å². The van der Waals surface area contributed by atoms with Gasteiger partial charge in [0, 0.05) is 24.9 Å². The summed E-state index contributed by atoms with van der Waals surface area (Å²) in [6.07, 6.45) is 1.71. The van der Waals surface area contributed by atoms with Crippen molar-refractivity contribution in [3.05, 3.63) is 16.6 Å². The van der Waals surface area contributed by atoms with E-state index in [0.29, 0.717) is 32.0 Å². The van der Waals surface area contributed by atoms with Gasteiger partial charge in [0.2, 0.25) is 0 Å². The normalized spacial score (nSPS) is 18.5. The maximum absolute atomic E-state index is 11.9. The van der Waals surface area contributed by atoms with Gasteiger partial charge in [-0.05, 0) is 18.8 Å². The Morgan fingerprint density at radius 1 is 1.58 bits per heavy atom. The first-order chi connectivity index (χ1) is 9.15. The number of urea groups is 1. The molecule has 6 nitrogen and oxygen atoms in total. The van der Waals surface area contributed by atoms with Crippen LogP contribution in [0.5, 0.6) is 0 Å². The number of nitrogens with one attached hydrogen (secondary N) is 1. The monoisotopic (exact) mass is 283 g/mol. The van der Waals surface area contributed by atoms with Crippen LogP contribution < -0.4 is 5.32 Å². The molecule has 0 radical (unpaired) electrons. The lowest BCUT2D eigenvalue weighted by Crippen LogP contribution is -2.38. The average molecular weight is 283 g/mol. The number of carboxylic acids is 1. The molecule has 2 heterocycles. The molecule has 0 aliphatic carbocycles. The molecule has 1 aromatic heterocycles. The van der Waals surface area contributed by atoms with Crippen LogP contribution >= 0.6 is 11.3 Å². The van der Waals surface area contributed by atoms with Gasteiger partial charge < -0.3 is 15.3 Å².